The Balaban J connectivity index is 1.87. The summed E-state index contributed by atoms with van der Waals surface area (Å²) in [4.78, 5) is 14.5. The molecule has 1 aliphatic heterocycles. The zero-order valence-corrected chi connectivity index (χ0v) is 14.9. The Morgan fingerprint density at radius 3 is 2.12 bits per heavy atom. The van der Waals surface area contributed by atoms with Gasteiger partial charge in [0, 0.05) is 38.5 Å². The van der Waals surface area contributed by atoms with E-state index >= 15 is 0 Å². The molecule has 1 aliphatic rings. The van der Waals surface area contributed by atoms with Gasteiger partial charge >= 0.3 is 0 Å². The number of hydrogen-bond acceptors (Lipinski definition) is 6. The molecule has 0 aromatic heterocycles. The second-order valence-electron chi connectivity index (χ2n) is 6.11. The predicted molar refractivity (Wildman–Crippen MR) is 97.0 cm³/mol. The van der Waals surface area contributed by atoms with Crippen molar-refractivity contribution in [1.29, 1.82) is 0 Å². The quantitative estimate of drug-likeness (QED) is 0.599. The Labute approximate surface area is 150 Å². The first-order valence-corrected chi connectivity index (χ1v) is 9.89. The summed E-state index contributed by atoms with van der Waals surface area (Å²) in [6.07, 6.45) is 1.06. The molecule has 1 fully saturated rings. The van der Waals surface area contributed by atoms with Crippen LogP contribution in [0.15, 0.2) is 47.4 Å². The summed E-state index contributed by atoms with van der Waals surface area (Å²) in [5, 5.41) is 11.3. The SMILES string of the molecule is CS(=O)(=O)c1ccc([N+](=O)[O-])c(N2CCN(c3ccccc3F)CC2)c1. The van der Waals surface area contributed by atoms with E-state index in [0.29, 0.717) is 31.9 Å². The molecule has 1 saturated heterocycles. The second kappa shape index (κ2) is 6.91. The zero-order chi connectivity index (χ0) is 18.9. The second-order valence-corrected chi connectivity index (χ2v) is 8.12. The van der Waals surface area contributed by atoms with Gasteiger partial charge in [0.25, 0.3) is 5.69 Å². The molecule has 0 bridgehead atoms. The number of nitrogens with zero attached hydrogens (tertiary/aromatic N) is 3. The van der Waals surface area contributed by atoms with E-state index in [2.05, 4.69) is 0 Å². The summed E-state index contributed by atoms with van der Waals surface area (Å²) in [5.41, 5.74) is 0.620. The molecule has 0 amide bonds. The van der Waals surface area contributed by atoms with E-state index in [-0.39, 0.29) is 22.1 Å². The lowest BCUT2D eigenvalue weighted by Crippen LogP contribution is -2.47. The van der Waals surface area contributed by atoms with Crippen molar-refractivity contribution in [3.63, 3.8) is 0 Å². The third-order valence-electron chi connectivity index (χ3n) is 4.39. The Morgan fingerprint density at radius 1 is 1.00 bits per heavy atom. The average molecular weight is 379 g/mol. The number of benzene rings is 2. The Morgan fingerprint density at radius 2 is 1.58 bits per heavy atom. The molecule has 1 heterocycles. The van der Waals surface area contributed by atoms with Crippen molar-refractivity contribution in [2.75, 3.05) is 42.2 Å². The van der Waals surface area contributed by atoms with Crippen LogP contribution in [0.4, 0.5) is 21.5 Å². The predicted octanol–water partition coefficient (Wildman–Crippen LogP) is 2.46. The summed E-state index contributed by atoms with van der Waals surface area (Å²) in [5.74, 6) is -0.314. The summed E-state index contributed by atoms with van der Waals surface area (Å²) in [6.45, 7) is 1.78. The number of anilines is 2. The maximum Gasteiger partial charge on any atom is 0.292 e. The van der Waals surface area contributed by atoms with E-state index in [1.54, 1.807) is 23.1 Å². The molecule has 0 unspecified atom stereocenters. The Kier molecular flexibility index (Phi) is 4.82. The van der Waals surface area contributed by atoms with Gasteiger partial charge in [0.05, 0.1) is 15.5 Å². The normalized spacial score (nSPS) is 15.2. The highest BCUT2D eigenvalue weighted by molar-refractivity contribution is 7.90. The lowest BCUT2D eigenvalue weighted by molar-refractivity contribution is -0.384. The molecule has 7 nitrogen and oxygen atoms in total. The molecule has 3 rings (SSSR count). The number of rotatable bonds is 4. The van der Waals surface area contributed by atoms with E-state index in [4.69, 9.17) is 0 Å². The fraction of sp³-hybridized carbons (Fsp3) is 0.294. The molecule has 2 aromatic rings. The number of nitro groups is 1. The highest BCUT2D eigenvalue weighted by Crippen LogP contribution is 2.32. The van der Waals surface area contributed by atoms with Crippen molar-refractivity contribution in [3.05, 3.63) is 58.4 Å². The maximum absolute atomic E-state index is 13.9. The molecule has 138 valence electrons. The van der Waals surface area contributed by atoms with Crippen LogP contribution in [0.3, 0.4) is 0 Å². The fourth-order valence-electron chi connectivity index (χ4n) is 3.04. The van der Waals surface area contributed by atoms with Gasteiger partial charge in [-0.1, -0.05) is 12.1 Å². The summed E-state index contributed by atoms with van der Waals surface area (Å²) < 4.78 is 37.5. The summed E-state index contributed by atoms with van der Waals surface area (Å²) >= 11 is 0. The number of para-hydroxylation sites is 1. The van der Waals surface area contributed by atoms with E-state index < -0.39 is 14.8 Å². The van der Waals surface area contributed by atoms with E-state index in [0.717, 1.165) is 6.26 Å². The molecule has 0 aliphatic carbocycles. The van der Waals surface area contributed by atoms with Gasteiger partial charge < -0.3 is 9.80 Å². The Bertz CT molecular complexity index is 941. The van der Waals surface area contributed by atoms with Crippen LogP contribution in [0.25, 0.3) is 0 Å². The molecule has 0 radical (unpaired) electrons. The van der Waals surface area contributed by atoms with E-state index in [9.17, 15) is 22.9 Å². The van der Waals surface area contributed by atoms with Crippen molar-refractivity contribution in [2.45, 2.75) is 4.90 Å². The van der Waals surface area contributed by atoms with Gasteiger partial charge in [-0.2, -0.15) is 0 Å². The number of halogens is 1. The monoisotopic (exact) mass is 379 g/mol. The highest BCUT2D eigenvalue weighted by Gasteiger charge is 2.26. The third kappa shape index (κ3) is 3.62. The van der Waals surface area contributed by atoms with Crippen molar-refractivity contribution in [2.24, 2.45) is 0 Å². The topological polar surface area (TPSA) is 83.8 Å². The van der Waals surface area contributed by atoms with Gasteiger partial charge in [0.15, 0.2) is 9.84 Å². The summed E-state index contributed by atoms with van der Waals surface area (Å²) in [7, 11) is -3.48. The molecule has 0 saturated carbocycles. The van der Waals surface area contributed by atoms with Crippen molar-refractivity contribution < 1.29 is 17.7 Å². The minimum absolute atomic E-state index is 0.0367. The zero-order valence-electron chi connectivity index (χ0n) is 14.1. The maximum atomic E-state index is 13.9. The molecule has 0 N–H and O–H groups in total. The lowest BCUT2D eigenvalue weighted by atomic mass is 10.2. The highest BCUT2D eigenvalue weighted by atomic mass is 32.2. The molecular weight excluding hydrogens is 361 g/mol. The van der Waals surface area contributed by atoms with Crippen molar-refractivity contribution in [1.82, 2.24) is 0 Å². The smallest absolute Gasteiger partial charge is 0.292 e. The van der Waals surface area contributed by atoms with Crippen LogP contribution in [-0.2, 0) is 9.84 Å². The number of nitro benzene ring substituents is 1. The van der Waals surface area contributed by atoms with Gasteiger partial charge in [0.1, 0.15) is 11.5 Å². The van der Waals surface area contributed by atoms with Gasteiger partial charge in [-0.05, 0) is 24.3 Å². The fourth-order valence-corrected chi connectivity index (χ4v) is 3.68. The van der Waals surface area contributed by atoms with Crippen LogP contribution < -0.4 is 9.80 Å². The van der Waals surface area contributed by atoms with Gasteiger partial charge in [-0.15, -0.1) is 0 Å². The average Bonchev–Trinajstić information content (AvgIpc) is 2.61. The molecular formula is C17H18FN3O4S. The number of piperazine rings is 1. The first-order chi connectivity index (χ1) is 12.3. The number of sulfone groups is 1. The van der Waals surface area contributed by atoms with E-state index in [1.807, 2.05) is 4.90 Å². The van der Waals surface area contributed by atoms with Crippen LogP contribution in [0.2, 0.25) is 0 Å². The lowest BCUT2D eigenvalue weighted by Gasteiger charge is -2.37. The molecule has 0 spiro atoms. The van der Waals surface area contributed by atoms with Gasteiger partial charge in [-0.3, -0.25) is 10.1 Å². The van der Waals surface area contributed by atoms with Crippen LogP contribution >= 0.6 is 0 Å². The van der Waals surface area contributed by atoms with Gasteiger partial charge in [-0.25, -0.2) is 12.8 Å². The van der Waals surface area contributed by atoms with Crippen LogP contribution in [0, 0.1) is 15.9 Å². The molecule has 0 atom stereocenters. The first-order valence-electron chi connectivity index (χ1n) is 8.00. The van der Waals surface area contributed by atoms with Crippen LogP contribution in [0.1, 0.15) is 0 Å². The Hall–Kier alpha value is -2.68. The largest absolute Gasteiger partial charge is 0.366 e. The first kappa shape index (κ1) is 18.1. The molecule has 26 heavy (non-hydrogen) atoms. The van der Waals surface area contributed by atoms with Gasteiger partial charge in [0.2, 0.25) is 0 Å². The minimum Gasteiger partial charge on any atom is -0.366 e. The summed E-state index contributed by atoms with van der Waals surface area (Å²) in [6, 6.07) is 10.3. The minimum atomic E-state index is -3.48. The third-order valence-corrected chi connectivity index (χ3v) is 5.50. The van der Waals surface area contributed by atoms with Crippen LogP contribution in [0.5, 0.6) is 0 Å². The van der Waals surface area contributed by atoms with E-state index in [1.165, 1.54) is 24.3 Å². The van der Waals surface area contributed by atoms with Crippen molar-refractivity contribution >= 4 is 26.9 Å². The van der Waals surface area contributed by atoms with Crippen molar-refractivity contribution in [3.8, 4) is 0 Å². The standard InChI is InChI=1S/C17H18FN3O4S/c1-26(24,25)13-6-7-16(21(22)23)17(12-13)20-10-8-19(9-11-20)15-5-3-2-4-14(15)18/h2-7,12H,8-11H2,1H3. The molecule has 9 heteroatoms. The number of hydrogen-bond donors (Lipinski definition) is 0. The molecule has 2 aromatic carbocycles. The van der Waals surface area contributed by atoms with Crippen LogP contribution in [-0.4, -0.2) is 45.8 Å².